The Bertz CT molecular complexity index is 1250. The summed E-state index contributed by atoms with van der Waals surface area (Å²) in [5.74, 6) is -2.01. The van der Waals surface area contributed by atoms with Crippen LogP contribution in [0, 0.1) is 0 Å². The van der Waals surface area contributed by atoms with E-state index in [-0.39, 0.29) is 18.7 Å². The number of nitrogens with zero attached hydrogens (tertiary/aromatic N) is 1. The van der Waals surface area contributed by atoms with E-state index < -0.39 is 35.9 Å². The maximum atomic E-state index is 12.7. The van der Waals surface area contributed by atoms with Crippen molar-refractivity contribution in [1.82, 2.24) is 20.9 Å². The number of aromatic nitrogens is 1. The van der Waals surface area contributed by atoms with Crippen molar-refractivity contribution in [2.24, 2.45) is 0 Å². The smallest absolute Gasteiger partial charge is 0.328 e. The largest absolute Gasteiger partial charge is 0.467 e. The summed E-state index contributed by atoms with van der Waals surface area (Å²) in [6, 6.07) is 17.8. The van der Waals surface area contributed by atoms with Crippen LogP contribution in [0.15, 0.2) is 66.7 Å². The fourth-order valence-corrected chi connectivity index (χ4v) is 4.02. The monoisotopic (exact) mass is 474 g/mol. The standard InChI is InChI=1S/C26H26N4O5/c1-35-26(34)22(14-18-12-11-17-9-5-6-10-19(17)27-18)28-23(31)15-21-25(33)29-20(24(32)30-21)13-16-7-3-2-4-8-16/h2-12,20-22H,13-15H2,1H3,(H,28,31)(H,29,33)(H,30,32)/t20-,21-,22-/m0/s1. The van der Waals surface area contributed by atoms with Crippen LogP contribution in [0.2, 0.25) is 0 Å². The van der Waals surface area contributed by atoms with Crippen LogP contribution in [-0.2, 0) is 36.8 Å². The van der Waals surface area contributed by atoms with Gasteiger partial charge in [0.15, 0.2) is 0 Å². The number of ether oxygens (including phenoxy) is 1. The Morgan fingerprint density at radius 1 is 0.943 bits per heavy atom. The maximum Gasteiger partial charge on any atom is 0.328 e. The molecule has 1 aliphatic heterocycles. The molecule has 0 spiro atoms. The number of para-hydroxylation sites is 1. The quantitative estimate of drug-likeness (QED) is 0.419. The lowest BCUT2D eigenvalue weighted by Crippen LogP contribution is -2.63. The second-order valence-corrected chi connectivity index (χ2v) is 8.36. The summed E-state index contributed by atoms with van der Waals surface area (Å²) < 4.78 is 4.84. The zero-order valence-electron chi connectivity index (χ0n) is 19.2. The van der Waals surface area contributed by atoms with Gasteiger partial charge in [0.2, 0.25) is 17.7 Å². The van der Waals surface area contributed by atoms with Gasteiger partial charge in [-0.15, -0.1) is 0 Å². The van der Waals surface area contributed by atoms with Crippen molar-refractivity contribution in [3.63, 3.8) is 0 Å². The second-order valence-electron chi connectivity index (χ2n) is 8.36. The number of pyridine rings is 1. The van der Waals surface area contributed by atoms with Gasteiger partial charge in [-0.25, -0.2) is 4.79 Å². The van der Waals surface area contributed by atoms with Crippen molar-refractivity contribution in [2.75, 3.05) is 7.11 Å². The van der Waals surface area contributed by atoms with E-state index in [2.05, 4.69) is 20.9 Å². The highest BCUT2D eigenvalue weighted by atomic mass is 16.5. The minimum atomic E-state index is -1.04. The third-order valence-electron chi connectivity index (χ3n) is 5.83. The Balaban J connectivity index is 1.37. The number of carbonyl (C=O) groups is 4. The van der Waals surface area contributed by atoms with Crippen LogP contribution in [0.5, 0.6) is 0 Å². The van der Waals surface area contributed by atoms with Crippen LogP contribution in [0.4, 0.5) is 0 Å². The van der Waals surface area contributed by atoms with Crippen molar-refractivity contribution in [3.05, 3.63) is 78.0 Å². The molecule has 1 aromatic heterocycles. The lowest BCUT2D eigenvalue weighted by atomic mass is 10.0. The van der Waals surface area contributed by atoms with Crippen molar-refractivity contribution >= 4 is 34.6 Å². The van der Waals surface area contributed by atoms with Gasteiger partial charge in [-0.05, 0) is 17.7 Å². The maximum absolute atomic E-state index is 12.7. The van der Waals surface area contributed by atoms with Gasteiger partial charge >= 0.3 is 5.97 Å². The van der Waals surface area contributed by atoms with Crippen LogP contribution in [0.25, 0.3) is 10.9 Å². The van der Waals surface area contributed by atoms with Crippen molar-refractivity contribution < 1.29 is 23.9 Å². The first-order valence-corrected chi connectivity index (χ1v) is 11.3. The molecule has 3 amide bonds. The van der Waals surface area contributed by atoms with Crippen LogP contribution in [0.3, 0.4) is 0 Å². The molecule has 3 aromatic rings. The van der Waals surface area contributed by atoms with E-state index in [1.54, 1.807) is 6.07 Å². The molecule has 2 aromatic carbocycles. The molecule has 0 radical (unpaired) electrons. The van der Waals surface area contributed by atoms with Crippen LogP contribution >= 0.6 is 0 Å². The number of methoxy groups -OCH3 is 1. The van der Waals surface area contributed by atoms with Crippen molar-refractivity contribution in [2.45, 2.75) is 37.4 Å². The normalized spacial score (nSPS) is 18.3. The first-order chi connectivity index (χ1) is 16.9. The summed E-state index contributed by atoms with van der Waals surface area (Å²) in [5, 5.41) is 8.87. The number of hydrogen-bond donors (Lipinski definition) is 3. The van der Waals surface area contributed by atoms with Crippen molar-refractivity contribution in [3.8, 4) is 0 Å². The molecule has 9 nitrogen and oxygen atoms in total. The number of carbonyl (C=O) groups excluding carboxylic acids is 4. The Hall–Kier alpha value is -4.27. The minimum absolute atomic E-state index is 0.117. The molecular formula is C26H26N4O5. The molecule has 180 valence electrons. The predicted octanol–water partition coefficient (Wildman–Crippen LogP) is 1.05. The highest BCUT2D eigenvalue weighted by Crippen LogP contribution is 2.14. The van der Waals surface area contributed by atoms with Gasteiger partial charge in [0.05, 0.1) is 19.0 Å². The zero-order chi connectivity index (χ0) is 24.8. The lowest BCUT2D eigenvalue weighted by molar-refractivity contribution is -0.145. The van der Waals surface area contributed by atoms with E-state index >= 15 is 0 Å². The molecule has 0 saturated carbocycles. The Labute approximate surface area is 202 Å². The fraction of sp³-hybridized carbons (Fsp3) is 0.269. The summed E-state index contributed by atoms with van der Waals surface area (Å²) >= 11 is 0. The molecule has 1 saturated heterocycles. The molecule has 9 heteroatoms. The molecule has 0 bridgehead atoms. The third-order valence-corrected chi connectivity index (χ3v) is 5.83. The molecule has 3 atom stereocenters. The zero-order valence-corrected chi connectivity index (χ0v) is 19.2. The molecule has 0 aliphatic carbocycles. The molecule has 1 aliphatic rings. The van der Waals surface area contributed by atoms with E-state index in [9.17, 15) is 19.2 Å². The van der Waals surface area contributed by atoms with E-state index in [4.69, 9.17) is 4.74 Å². The van der Waals surface area contributed by atoms with Crippen molar-refractivity contribution in [1.29, 1.82) is 0 Å². The first kappa shape index (κ1) is 23.9. The number of piperazine rings is 1. The molecule has 0 unspecified atom stereocenters. The highest BCUT2D eigenvalue weighted by Gasteiger charge is 2.35. The van der Waals surface area contributed by atoms with Gasteiger partial charge in [-0.2, -0.15) is 0 Å². The number of rotatable bonds is 8. The van der Waals surface area contributed by atoms with Gasteiger partial charge < -0.3 is 20.7 Å². The van der Waals surface area contributed by atoms with Gasteiger partial charge in [0, 0.05) is 23.9 Å². The average molecular weight is 475 g/mol. The van der Waals surface area contributed by atoms with Gasteiger partial charge in [-0.3, -0.25) is 19.4 Å². The highest BCUT2D eigenvalue weighted by molar-refractivity contribution is 5.99. The summed E-state index contributed by atoms with van der Waals surface area (Å²) in [6.45, 7) is 0. The second kappa shape index (κ2) is 10.8. The Morgan fingerprint density at radius 2 is 1.63 bits per heavy atom. The Morgan fingerprint density at radius 3 is 2.40 bits per heavy atom. The summed E-state index contributed by atoms with van der Waals surface area (Å²) in [7, 11) is 1.23. The van der Waals surface area contributed by atoms with Crippen LogP contribution in [-0.4, -0.2) is 53.9 Å². The molecule has 35 heavy (non-hydrogen) atoms. The fourth-order valence-electron chi connectivity index (χ4n) is 4.02. The number of esters is 1. The predicted molar refractivity (Wildman–Crippen MR) is 128 cm³/mol. The van der Waals surface area contributed by atoms with E-state index in [1.165, 1.54) is 7.11 Å². The topological polar surface area (TPSA) is 126 Å². The molecule has 3 N–H and O–H groups in total. The van der Waals surface area contributed by atoms with Gasteiger partial charge in [0.25, 0.3) is 0 Å². The average Bonchev–Trinajstić information content (AvgIpc) is 2.86. The minimum Gasteiger partial charge on any atom is -0.467 e. The van der Waals surface area contributed by atoms with E-state index in [0.29, 0.717) is 12.1 Å². The summed E-state index contributed by atoms with van der Waals surface area (Å²) in [6.07, 6.45) is 0.153. The van der Waals surface area contributed by atoms with Crippen LogP contribution < -0.4 is 16.0 Å². The molecule has 1 fully saturated rings. The lowest BCUT2D eigenvalue weighted by Gasteiger charge is -2.29. The first-order valence-electron chi connectivity index (χ1n) is 11.3. The van der Waals surface area contributed by atoms with Gasteiger partial charge in [0.1, 0.15) is 18.1 Å². The molecule has 2 heterocycles. The number of hydrogen-bond acceptors (Lipinski definition) is 6. The summed E-state index contributed by atoms with van der Waals surface area (Å²) in [4.78, 5) is 54.6. The molecular weight excluding hydrogens is 448 g/mol. The molecule has 4 rings (SSSR count). The van der Waals surface area contributed by atoms with Gasteiger partial charge in [-0.1, -0.05) is 54.6 Å². The number of amides is 3. The number of benzene rings is 2. The van der Waals surface area contributed by atoms with Crippen LogP contribution in [0.1, 0.15) is 17.7 Å². The van der Waals surface area contributed by atoms with E-state index in [0.717, 1.165) is 16.5 Å². The number of fused-ring (bicyclic) bond motifs is 1. The van der Waals surface area contributed by atoms with E-state index in [1.807, 2.05) is 60.7 Å². The SMILES string of the molecule is COC(=O)[C@H](Cc1ccc2ccccc2n1)NC(=O)C[C@@H]1NC(=O)[C@H](Cc2ccccc2)NC1=O. The number of nitrogens with one attached hydrogen (secondary N) is 3. The Kier molecular flexibility index (Phi) is 7.35. The summed E-state index contributed by atoms with van der Waals surface area (Å²) in [5.41, 5.74) is 2.28. The third kappa shape index (κ3) is 6.00.